The molecule has 94 valence electrons. The molecule has 0 aliphatic heterocycles. The van der Waals surface area contributed by atoms with Crippen molar-refractivity contribution in [2.24, 2.45) is 10.9 Å². The predicted octanol–water partition coefficient (Wildman–Crippen LogP) is 2.83. The average Bonchev–Trinajstić information content (AvgIpc) is 2.36. The summed E-state index contributed by atoms with van der Waals surface area (Å²) in [6, 6.07) is 9.70. The molecule has 1 aromatic heterocycles. The van der Waals surface area contributed by atoms with E-state index >= 15 is 0 Å². The molecular weight excluding hydrogens is 246 g/mol. The second kappa shape index (κ2) is 5.27. The van der Waals surface area contributed by atoms with Gasteiger partial charge in [-0.25, -0.2) is 4.98 Å². The van der Waals surface area contributed by atoms with Crippen molar-refractivity contribution < 1.29 is 5.21 Å². The minimum atomic E-state index is 0.0939. The first-order valence-electron chi connectivity index (χ1n) is 5.66. The highest BCUT2D eigenvalue weighted by atomic mass is 32.2. The summed E-state index contributed by atoms with van der Waals surface area (Å²) in [5, 5.41) is 14.1. The second-order valence-corrected chi connectivity index (χ2v) is 5.75. The van der Waals surface area contributed by atoms with Gasteiger partial charge in [-0.2, -0.15) is 0 Å². The van der Waals surface area contributed by atoms with Crippen molar-refractivity contribution in [1.29, 1.82) is 0 Å². The highest BCUT2D eigenvalue weighted by Gasteiger charge is 2.12. The van der Waals surface area contributed by atoms with Crippen LogP contribution in [0.15, 0.2) is 40.5 Å². The molecule has 0 radical (unpaired) electrons. The minimum absolute atomic E-state index is 0.0939. The van der Waals surface area contributed by atoms with Gasteiger partial charge in [0.25, 0.3) is 0 Å². The fourth-order valence-corrected chi connectivity index (χ4v) is 2.54. The zero-order chi connectivity index (χ0) is 13.1. The van der Waals surface area contributed by atoms with Crippen LogP contribution in [0.4, 0.5) is 0 Å². The van der Waals surface area contributed by atoms with E-state index in [9.17, 15) is 0 Å². The number of benzene rings is 1. The summed E-state index contributed by atoms with van der Waals surface area (Å²) in [6.45, 7) is 4.16. The molecule has 0 saturated heterocycles. The van der Waals surface area contributed by atoms with E-state index in [4.69, 9.17) is 10.9 Å². The van der Waals surface area contributed by atoms with E-state index in [-0.39, 0.29) is 5.84 Å². The Morgan fingerprint density at radius 1 is 1.39 bits per heavy atom. The zero-order valence-corrected chi connectivity index (χ0v) is 11.1. The van der Waals surface area contributed by atoms with E-state index in [0.29, 0.717) is 10.8 Å². The molecule has 0 spiro atoms. The first-order chi connectivity index (χ1) is 8.61. The molecule has 0 aliphatic carbocycles. The van der Waals surface area contributed by atoms with E-state index in [0.717, 1.165) is 15.9 Å². The Hall–Kier alpha value is -1.75. The molecule has 2 rings (SSSR count). The van der Waals surface area contributed by atoms with Gasteiger partial charge >= 0.3 is 0 Å². The van der Waals surface area contributed by atoms with Gasteiger partial charge in [0, 0.05) is 10.6 Å². The number of pyridine rings is 1. The van der Waals surface area contributed by atoms with E-state index in [1.165, 1.54) is 0 Å². The molecule has 2 aromatic rings. The summed E-state index contributed by atoms with van der Waals surface area (Å²) in [6.07, 6.45) is 0. The van der Waals surface area contributed by atoms with Gasteiger partial charge in [-0.05, 0) is 12.1 Å². The van der Waals surface area contributed by atoms with Crippen LogP contribution >= 0.6 is 11.8 Å². The van der Waals surface area contributed by atoms with Crippen molar-refractivity contribution in [3.05, 3.63) is 35.9 Å². The monoisotopic (exact) mass is 261 g/mol. The number of nitrogens with two attached hydrogens (primary N) is 1. The normalized spacial score (nSPS) is 12.3. The van der Waals surface area contributed by atoms with Crippen molar-refractivity contribution >= 4 is 28.5 Å². The molecule has 0 unspecified atom stereocenters. The van der Waals surface area contributed by atoms with Crippen molar-refractivity contribution in [3.8, 4) is 0 Å². The fraction of sp³-hybridized carbons (Fsp3) is 0.231. The molecule has 0 amide bonds. The molecular formula is C13H15N3OS. The van der Waals surface area contributed by atoms with Crippen molar-refractivity contribution in [3.63, 3.8) is 0 Å². The summed E-state index contributed by atoms with van der Waals surface area (Å²) in [5.41, 5.74) is 7.30. The number of hydrogen-bond donors (Lipinski definition) is 2. The first-order valence-corrected chi connectivity index (χ1v) is 6.54. The van der Waals surface area contributed by atoms with Gasteiger partial charge in [0.15, 0.2) is 5.84 Å². The Labute approximate surface area is 110 Å². The molecule has 0 bridgehead atoms. The van der Waals surface area contributed by atoms with Crippen LogP contribution in [0.2, 0.25) is 0 Å². The first kappa shape index (κ1) is 12.7. The van der Waals surface area contributed by atoms with Gasteiger partial charge in [0.2, 0.25) is 0 Å². The number of nitrogens with zero attached hydrogens (tertiary/aromatic N) is 2. The number of hydrogen-bond acceptors (Lipinski definition) is 4. The Morgan fingerprint density at radius 3 is 2.78 bits per heavy atom. The Balaban J connectivity index is 2.63. The largest absolute Gasteiger partial charge is 0.409 e. The average molecular weight is 261 g/mol. The third-order valence-electron chi connectivity index (χ3n) is 2.42. The summed E-state index contributed by atoms with van der Waals surface area (Å²) < 4.78 is 0. The van der Waals surface area contributed by atoms with Crippen LogP contribution in [0.25, 0.3) is 10.9 Å². The van der Waals surface area contributed by atoms with Gasteiger partial charge < -0.3 is 10.9 Å². The minimum Gasteiger partial charge on any atom is -0.409 e. The maximum Gasteiger partial charge on any atom is 0.172 e. The highest BCUT2D eigenvalue weighted by Crippen LogP contribution is 2.27. The Bertz CT molecular complexity index is 596. The van der Waals surface area contributed by atoms with Crippen molar-refractivity contribution in [2.45, 2.75) is 24.1 Å². The lowest BCUT2D eigenvalue weighted by Crippen LogP contribution is -2.15. The van der Waals surface area contributed by atoms with Gasteiger partial charge in [0.1, 0.15) is 5.03 Å². The molecule has 0 fully saturated rings. The van der Waals surface area contributed by atoms with E-state index < -0.39 is 0 Å². The van der Waals surface area contributed by atoms with Gasteiger partial charge in [0.05, 0.1) is 11.1 Å². The lowest BCUT2D eigenvalue weighted by Gasteiger charge is -2.10. The molecule has 0 aliphatic rings. The maximum absolute atomic E-state index is 8.84. The Morgan fingerprint density at radius 2 is 2.11 bits per heavy atom. The topological polar surface area (TPSA) is 71.5 Å². The molecule has 5 heteroatoms. The summed E-state index contributed by atoms with van der Waals surface area (Å²) in [5.74, 6) is 0.0939. The number of amidine groups is 1. The SMILES string of the molecule is CC(C)Sc1nc2ccccc2cc1C(N)=NO. The number of rotatable bonds is 3. The number of fused-ring (bicyclic) bond motifs is 1. The molecule has 1 heterocycles. The molecule has 0 atom stereocenters. The maximum atomic E-state index is 8.84. The smallest absolute Gasteiger partial charge is 0.172 e. The van der Waals surface area contributed by atoms with Crippen LogP contribution in [0.5, 0.6) is 0 Å². The van der Waals surface area contributed by atoms with E-state index in [2.05, 4.69) is 24.0 Å². The van der Waals surface area contributed by atoms with E-state index in [1.54, 1.807) is 11.8 Å². The second-order valence-electron chi connectivity index (χ2n) is 4.19. The van der Waals surface area contributed by atoms with Crippen molar-refractivity contribution in [1.82, 2.24) is 4.98 Å². The quantitative estimate of drug-likeness (QED) is 0.293. The Kier molecular flexibility index (Phi) is 3.72. The number of thioether (sulfide) groups is 1. The molecule has 18 heavy (non-hydrogen) atoms. The van der Waals surface area contributed by atoms with E-state index in [1.807, 2.05) is 30.3 Å². The van der Waals surface area contributed by atoms with Crippen LogP contribution in [0.3, 0.4) is 0 Å². The number of aromatic nitrogens is 1. The van der Waals surface area contributed by atoms with Gasteiger partial charge in [-0.15, -0.1) is 11.8 Å². The van der Waals surface area contributed by atoms with Crippen molar-refractivity contribution in [2.75, 3.05) is 0 Å². The van der Waals surface area contributed by atoms with Crippen LogP contribution in [0.1, 0.15) is 19.4 Å². The zero-order valence-electron chi connectivity index (χ0n) is 10.3. The fourth-order valence-electron chi connectivity index (χ4n) is 1.65. The lowest BCUT2D eigenvalue weighted by molar-refractivity contribution is 0.318. The highest BCUT2D eigenvalue weighted by molar-refractivity contribution is 7.99. The molecule has 3 N–H and O–H groups in total. The van der Waals surface area contributed by atoms with Gasteiger partial charge in [-0.3, -0.25) is 0 Å². The molecule has 1 aromatic carbocycles. The van der Waals surface area contributed by atoms with Crippen LogP contribution < -0.4 is 5.73 Å². The third-order valence-corrected chi connectivity index (χ3v) is 3.43. The summed E-state index contributed by atoms with van der Waals surface area (Å²) >= 11 is 1.60. The lowest BCUT2D eigenvalue weighted by atomic mass is 10.1. The van der Waals surface area contributed by atoms with Gasteiger partial charge in [-0.1, -0.05) is 37.2 Å². The number of para-hydroxylation sites is 1. The van der Waals surface area contributed by atoms with Crippen LogP contribution in [-0.4, -0.2) is 21.3 Å². The van der Waals surface area contributed by atoms with Crippen LogP contribution in [0, 0.1) is 0 Å². The summed E-state index contributed by atoms with van der Waals surface area (Å²) in [7, 11) is 0. The molecule has 0 saturated carbocycles. The van der Waals surface area contributed by atoms with Crippen LogP contribution in [-0.2, 0) is 0 Å². The standard InChI is InChI=1S/C13H15N3OS/c1-8(2)18-13-10(12(14)16-17)7-9-5-3-4-6-11(9)15-13/h3-8,17H,1-2H3,(H2,14,16). The number of oxime groups is 1. The summed E-state index contributed by atoms with van der Waals surface area (Å²) in [4.78, 5) is 4.58. The predicted molar refractivity (Wildman–Crippen MR) is 75.2 cm³/mol. The molecule has 4 nitrogen and oxygen atoms in total. The third kappa shape index (κ3) is 2.56.